The Hall–Kier alpha value is 2.74. The van der Waals surface area contributed by atoms with E-state index in [4.69, 9.17) is 9.90 Å². The molecule has 0 aromatic heterocycles. The number of hydrogen-bond donors (Lipinski definition) is 1. The summed E-state index contributed by atoms with van der Waals surface area (Å²) in [6.07, 6.45) is 0. The Morgan fingerprint density at radius 3 is 1.71 bits per heavy atom. The maximum atomic E-state index is 9.00. The first-order chi connectivity index (χ1) is 1.73. The van der Waals surface area contributed by atoms with Crippen LogP contribution >= 0.6 is 0 Å². The summed E-state index contributed by atoms with van der Waals surface area (Å²) >= 11 is 0. The van der Waals surface area contributed by atoms with Crippen molar-refractivity contribution >= 4 is 43.7 Å². The largest absolute Gasteiger partial charge is 2.00 e. The van der Waals surface area contributed by atoms with Gasteiger partial charge < -0.3 is 14.9 Å². The molecule has 0 aromatic rings. The Labute approximate surface area is 135 Å². The topological polar surface area (TPSA) is 68.8 Å². The van der Waals surface area contributed by atoms with Gasteiger partial charge in [-0.1, -0.05) is 0 Å². The van der Waals surface area contributed by atoms with Gasteiger partial charge in [0, 0.05) is 6.92 Å². The average molecular weight is 254 g/mol. The minimum Gasteiger partial charge on any atom is -1.00 e. The van der Waals surface area contributed by atoms with Gasteiger partial charge in [0.25, 0.3) is 5.97 Å². The predicted octanol–water partition coefficient (Wildman–Crippen LogP) is -3.77. The molecule has 0 saturated carbocycles. The Balaban J connectivity index is -0.00000000300. The molecular formula is C2H9CaCsO3. The molecule has 0 spiro atoms. The molecule has 0 aliphatic rings. The van der Waals surface area contributed by atoms with Crippen molar-refractivity contribution in [3.05, 3.63) is 0 Å². The van der Waals surface area contributed by atoms with E-state index in [1.807, 2.05) is 0 Å². The summed E-state index contributed by atoms with van der Waals surface area (Å²) < 4.78 is 0. The number of carboxylic acid groups (broad SMARTS) is 1. The van der Waals surface area contributed by atoms with Crippen LogP contribution in [-0.2, 0) is 4.79 Å². The van der Waals surface area contributed by atoms with Gasteiger partial charge >= 0.3 is 107 Å². The van der Waals surface area contributed by atoms with Crippen molar-refractivity contribution in [2.45, 2.75) is 6.92 Å². The zero-order valence-corrected chi connectivity index (χ0v) is 13.1. The van der Waals surface area contributed by atoms with Crippen LogP contribution in [0, 0.1) is 0 Å². The predicted molar refractivity (Wildman–Crippen MR) is 26.0 cm³/mol. The fourth-order valence-corrected chi connectivity index (χ4v) is 0. The van der Waals surface area contributed by atoms with Crippen LogP contribution in [0.3, 0.4) is 0 Å². The summed E-state index contributed by atoms with van der Waals surface area (Å²) in [5.74, 6) is -0.833. The first-order valence-electron chi connectivity index (χ1n) is 0.928. The molecule has 0 rings (SSSR count). The molecule has 0 heterocycles. The zero-order chi connectivity index (χ0) is 3.58. The minimum absolute atomic E-state index is 0. The third kappa shape index (κ3) is 52.9. The normalized spacial score (nSPS) is 3.57. The van der Waals surface area contributed by atoms with E-state index in [0.717, 1.165) is 6.92 Å². The molecule has 0 fully saturated rings. The summed E-state index contributed by atoms with van der Waals surface area (Å²) in [6.45, 7) is 1.08. The fourth-order valence-electron chi connectivity index (χ4n) is 0. The molecule has 0 aliphatic carbocycles. The van der Waals surface area contributed by atoms with Crippen LogP contribution in [0.2, 0.25) is 0 Å². The van der Waals surface area contributed by atoms with Gasteiger partial charge in [-0.25, -0.2) is 0 Å². The number of hydrogen-bond acceptors (Lipinski definition) is 1. The molecule has 0 aromatic carbocycles. The zero-order valence-electron chi connectivity index (χ0n) is 7.56. The molecule has 0 saturated heterocycles. The van der Waals surface area contributed by atoms with Gasteiger partial charge in [0.05, 0.1) is 0 Å². The number of carboxylic acids is 1. The molecule has 38 valence electrons. The molecule has 0 amide bonds. The van der Waals surface area contributed by atoms with E-state index in [0.29, 0.717) is 0 Å². The van der Waals surface area contributed by atoms with Crippen molar-refractivity contribution in [2.24, 2.45) is 0 Å². The summed E-state index contributed by atoms with van der Waals surface area (Å²) in [4.78, 5) is 9.00. The van der Waals surface area contributed by atoms with Crippen LogP contribution in [0.1, 0.15) is 11.2 Å². The number of carbonyl (C=O) groups is 1. The van der Waals surface area contributed by atoms with Gasteiger partial charge in [0.1, 0.15) is 0 Å². The van der Waals surface area contributed by atoms with Crippen LogP contribution in [0.15, 0.2) is 0 Å². The summed E-state index contributed by atoms with van der Waals surface area (Å²) in [6, 6.07) is 0. The first kappa shape index (κ1) is 22.6. The van der Waals surface area contributed by atoms with Crippen LogP contribution in [-0.4, -0.2) is 54.3 Å². The third-order valence-corrected chi connectivity index (χ3v) is 0. The Bertz CT molecular complexity index is 44.7. The van der Waals surface area contributed by atoms with E-state index in [1.165, 1.54) is 0 Å². The van der Waals surface area contributed by atoms with Gasteiger partial charge in [-0.15, -0.1) is 0 Å². The average Bonchev–Trinajstić information content (AvgIpc) is 0.811. The quantitative estimate of drug-likeness (QED) is 0.451. The molecule has 0 aliphatic heterocycles. The van der Waals surface area contributed by atoms with Gasteiger partial charge in [-0.3, -0.25) is 4.79 Å². The number of aliphatic carboxylic acids is 1. The van der Waals surface area contributed by atoms with Crippen molar-refractivity contribution in [2.75, 3.05) is 0 Å². The summed E-state index contributed by atoms with van der Waals surface area (Å²) in [5.41, 5.74) is 0. The van der Waals surface area contributed by atoms with Crippen molar-refractivity contribution < 1.29 is 88.6 Å². The van der Waals surface area contributed by atoms with Gasteiger partial charge in [0.15, 0.2) is 0 Å². The maximum absolute atomic E-state index is 9.00. The van der Waals surface area contributed by atoms with Crippen molar-refractivity contribution in [1.29, 1.82) is 0 Å². The number of rotatable bonds is 0. The monoisotopic (exact) mass is 254 g/mol. The van der Waals surface area contributed by atoms with E-state index in [2.05, 4.69) is 0 Å². The Morgan fingerprint density at radius 1 is 1.71 bits per heavy atom. The standard InChI is InChI=1S/C2H4O2.Ca.Cs.H2O.3H/c1-2(3)4;;;;;;/h1H3,(H,3,4);;;1H2;;;/q;+2;+1;;3*-1. The maximum Gasteiger partial charge on any atom is 2.00 e. The fraction of sp³-hybridized carbons (Fsp3) is 0.500. The Morgan fingerprint density at radius 2 is 1.71 bits per heavy atom. The molecule has 0 atom stereocenters. The molecule has 3 N–H and O–H groups in total. The van der Waals surface area contributed by atoms with Crippen LogP contribution in [0.5, 0.6) is 0 Å². The molecule has 3 nitrogen and oxygen atoms in total. The van der Waals surface area contributed by atoms with Crippen molar-refractivity contribution in [3.8, 4) is 0 Å². The van der Waals surface area contributed by atoms with E-state index in [-0.39, 0.29) is 116 Å². The Kier molecular flexibility index (Phi) is 51.3. The van der Waals surface area contributed by atoms with Crippen LogP contribution < -0.4 is 68.9 Å². The second kappa shape index (κ2) is 15.9. The second-order valence-electron chi connectivity index (χ2n) is 0.519. The second-order valence-corrected chi connectivity index (χ2v) is 0.519. The van der Waals surface area contributed by atoms with Crippen molar-refractivity contribution in [3.63, 3.8) is 0 Å². The van der Waals surface area contributed by atoms with Crippen molar-refractivity contribution in [1.82, 2.24) is 0 Å². The molecule has 0 radical (unpaired) electrons. The smallest absolute Gasteiger partial charge is 1.00 e. The molecule has 0 bridgehead atoms. The molecular weight excluding hydrogens is 245 g/mol. The third-order valence-electron chi connectivity index (χ3n) is 0. The van der Waals surface area contributed by atoms with E-state index >= 15 is 0 Å². The van der Waals surface area contributed by atoms with Gasteiger partial charge in [-0.2, -0.15) is 0 Å². The summed E-state index contributed by atoms with van der Waals surface area (Å²) in [7, 11) is 0. The minimum atomic E-state index is -0.833. The molecule has 5 heteroatoms. The van der Waals surface area contributed by atoms with E-state index in [1.54, 1.807) is 0 Å². The molecule has 7 heavy (non-hydrogen) atoms. The first-order valence-corrected chi connectivity index (χ1v) is 0.928. The summed E-state index contributed by atoms with van der Waals surface area (Å²) in [5, 5.41) is 7.42. The van der Waals surface area contributed by atoms with Crippen LogP contribution in [0.25, 0.3) is 0 Å². The van der Waals surface area contributed by atoms with E-state index < -0.39 is 5.97 Å². The van der Waals surface area contributed by atoms with Gasteiger partial charge in [0.2, 0.25) is 0 Å². The van der Waals surface area contributed by atoms with Crippen LogP contribution in [0.4, 0.5) is 0 Å². The SMILES string of the molecule is CC(=O)O.O.[Ca+2].[Cs+].[H-].[H-].[H-]. The van der Waals surface area contributed by atoms with Gasteiger partial charge in [-0.05, 0) is 0 Å². The van der Waals surface area contributed by atoms with E-state index in [9.17, 15) is 0 Å². The molecule has 0 unspecified atom stereocenters.